The molecule has 0 fully saturated rings. The molecule has 1 atom stereocenters. The molecule has 0 saturated heterocycles. The maximum Gasteiger partial charge on any atom is 0.115 e. The molecule has 1 unspecified atom stereocenters. The summed E-state index contributed by atoms with van der Waals surface area (Å²) in [6, 6.07) is 3.77. The quantitative estimate of drug-likeness (QED) is 0.779. The van der Waals surface area contributed by atoms with E-state index in [1.54, 1.807) is 6.07 Å². The molecule has 0 radical (unpaired) electrons. The first-order chi connectivity index (χ1) is 6.69. The highest BCUT2D eigenvalue weighted by Gasteiger charge is 2.12. The summed E-state index contributed by atoms with van der Waals surface area (Å²) in [5, 5.41) is 17.7. The van der Waals surface area contributed by atoms with Crippen LogP contribution in [0.1, 0.15) is 37.1 Å². The van der Waals surface area contributed by atoms with Crippen molar-refractivity contribution in [3.8, 4) is 6.07 Å². The summed E-state index contributed by atoms with van der Waals surface area (Å²) >= 11 is 0. The van der Waals surface area contributed by atoms with E-state index in [1.165, 1.54) is 6.33 Å². The normalized spacial score (nSPS) is 12.5. The van der Waals surface area contributed by atoms with Crippen molar-refractivity contribution >= 4 is 0 Å². The average molecular weight is 191 g/mol. The maximum atomic E-state index is 8.93. The van der Waals surface area contributed by atoms with E-state index >= 15 is 0 Å². The largest absolute Gasteiger partial charge is 0.395 e. The van der Waals surface area contributed by atoms with Crippen molar-refractivity contribution in [2.45, 2.75) is 25.7 Å². The summed E-state index contributed by atoms with van der Waals surface area (Å²) in [4.78, 5) is 8.06. The number of aromatic nitrogens is 2. The highest BCUT2D eigenvalue weighted by molar-refractivity contribution is 5.20. The molecule has 0 bridgehead atoms. The zero-order chi connectivity index (χ0) is 10.6. The van der Waals surface area contributed by atoms with Crippen molar-refractivity contribution in [2.24, 2.45) is 0 Å². The molecule has 1 aromatic heterocycles. The summed E-state index contributed by atoms with van der Waals surface area (Å²) in [5.74, 6) is -0.245. The van der Waals surface area contributed by atoms with Crippen LogP contribution in [0.3, 0.4) is 0 Å². The molecule has 4 heteroatoms. The van der Waals surface area contributed by atoms with Gasteiger partial charge in [-0.2, -0.15) is 5.26 Å². The van der Waals surface area contributed by atoms with Crippen LogP contribution in [0, 0.1) is 11.3 Å². The van der Waals surface area contributed by atoms with Gasteiger partial charge in [0.25, 0.3) is 0 Å². The van der Waals surface area contributed by atoms with Crippen LogP contribution in [-0.2, 0) is 0 Å². The lowest BCUT2D eigenvalue weighted by Gasteiger charge is -2.08. The Morgan fingerprint density at radius 2 is 2.07 bits per heavy atom. The van der Waals surface area contributed by atoms with E-state index in [0.717, 1.165) is 5.69 Å². The molecule has 1 rings (SSSR count). The Morgan fingerprint density at radius 1 is 1.43 bits per heavy atom. The summed E-state index contributed by atoms with van der Waals surface area (Å²) in [6.07, 6.45) is 1.44. The monoisotopic (exact) mass is 191 g/mol. The van der Waals surface area contributed by atoms with Crippen molar-refractivity contribution in [1.29, 1.82) is 5.26 Å². The molecule has 0 saturated carbocycles. The number of nitrogens with zero attached hydrogens (tertiary/aromatic N) is 3. The van der Waals surface area contributed by atoms with E-state index in [9.17, 15) is 0 Å². The van der Waals surface area contributed by atoms with E-state index < -0.39 is 5.92 Å². The first kappa shape index (κ1) is 10.6. The molecule has 0 spiro atoms. The van der Waals surface area contributed by atoms with Crippen molar-refractivity contribution in [3.63, 3.8) is 0 Å². The standard InChI is InChI=1S/C10H13N3O/c1-7(2)9-3-10(13-6-12-9)8(4-11)5-14/h3,6-8,14H,5H2,1-2H3. The molecule has 1 N–H and O–H groups in total. The Morgan fingerprint density at radius 3 is 2.57 bits per heavy atom. The third-order valence-corrected chi connectivity index (χ3v) is 2.00. The van der Waals surface area contributed by atoms with Crippen LogP contribution in [0.25, 0.3) is 0 Å². The van der Waals surface area contributed by atoms with Crippen LogP contribution in [0.2, 0.25) is 0 Å². The van der Waals surface area contributed by atoms with E-state index in [2.05, 4.69) is 9.97 Å². The van der Waals surface area contributed by atoms with Crippen LogP contribution in [0.5, 0.6) is 0 Å². The number of nitriles is 1. The van der Waals surface area contributed by atoms with Gasteiger partial charge in [0.2, 0.25) is 0 Å². The summed E-state index contributed by atoms with van der Waals surface area (Å²) in [6.45, 7) is 3.84. The lowest BCUT2D eigenvalue weighted by Crippen LogP contribution is -2.06. The predicted molar refractivity (Wildman–Crippen MR) is 51.6 cm³/mol. The van der Waals surface area contributed by atoms with Crippen LogP contribution in [-0.4, -0.2) is 21.7 Å². The number of rotatable bonds is 3. The first-order valence-corrected chi connectivity index (χ1v) is 4.51. The van der Waals surface area contributed by atoms with E-state index in [-0.39, 0.29) is 6.61 Å². The van der Waals surface area contributed by atoms with Gasteiger partial charge in [0.05, 0.1) is 18.4 Å². The summed E-state index contributed by atoms with van der Waals surface area (Å²) < 4.78 is 0. The second-order valence-corrected chi connectivity index (χ2v) is 3.39. The van der Waals surface area contributed by atoms with Gasteiger partial charge in [0, 0.05) is 5.69 Å². The summed E-state index contributed by atoms with van der Waals surface area (Å²) in [7, 11) is 0. The van der Waals surface area contributed by atoms with Crippen LogP contribution in [0.15, 0.2) is 12.4 Å². The predicted octanol–water partition coefficient (Wildman–Crippen LogP) is 1.20. The van der Waals surface area contributed by atoms with Crippen LogP contribution < -0.4 is 0 Å². The SMILES string of the molecule is CC(C)c1cc(C(C#N)CO)ncn1. The van der Waals surface area contributed by atoms with Crippen molar-refractivity contribution in [1.82, 2.24) is 9.97 Å². The van der Waals surface area contributed by atoms with E-state index in [4.69, 9.17) is 10.4 Å². The Bertz CT molecular complexity index is 343. The molecular formula is C10H13N3O. The fourth-order valence-corrected chi connectivity index (χ4v) is 1.10. The fraction of sp³-hybridized carbons (Fsp3) is 0.500. The van der Waals surface area contributed by atoms with Crippen LogP contribution in [0.4, 0.5) is 0 Å². The highest BCUT2D eigenvalue weighted by Crippen LogP contribution is 2.16. The molecular weight excluding hydrogens is 178 g/mol. The molecule has 0 aliphatic carbocycles. The number of hydrogen-bond donors (Lipinski definition) is 1. The van der Waals surface area contributed by atoms with Crippen molar-refractivity contribution in [2.75, 3.05) is 6.61 Å². The van der Waals surface area contributed by atoms with Crippen molar-refractivity contribution in [3.05, 3.63) is 23.8 Å². The zero-order valence-electron chi connectivity index (χ0n) is 8.31. The third-order valence-electron chi connectivity index (χ3n) is 2.00. The van der Waals surface area contributed by atoms with Gasteiger partial charge in [-0.05, 0) is 12.0 Å². The average Bonchev–Trinajstić information content (AvgIpc) is 2.20. The van der Waals surface area contributed by atoms with E-state index in [0.29, 0.717) is 11.6 Å². The Hall–Kier alpha value is -1.47. The number of aliphatic hydroxyl groups is 1. The minimum Gasteiger partial charge on any atom is -0.395 e. The van der Waals surface area contributed by atoms with E-state index in [1.807, 2.05) is 19.9 Å². The third kappa shape index (κ3) is 2.27. The second kappa shape index (κ2) is 4.68. The van der Waals surface area contributed by atoms with Gasteiger partial charge in [-0.25, -0.2) is 9.97 Å². The maximum absolute atomic E-state index is 8.93. The van der Waals surface area contributed by atoms with Gasteiger partial charge in [-0.15, -0.1) is 0 Å². The van der Waals surface area contributed by atoms with Gasteiger partial charge in [-0.1, -0.05) is 13.8 Å². The molecule has 1 aromatic rings. The molecule has 4 nitrogen and oxygen atoms in total. The van der Waals surface area contributed by atoms with Gasteiger partial charge in [0.1, 0.15) is 12.2 Å². The molecule has 74 valence electrons. The van der Waals surface area contributed by atoms with Gasteiger partial charge in [-0.3, -0.25) is 0 Å². The van der Waals surface area contributed by atoms with Crippen molar-refractivity contribution < 1.29 is 5.11 Å². The molecule has 0 amide bonds. The number of aliphatic hydroxyl groups excluding tert-OH is 1. The molecule has 14 heavy (non-hydrogen) atoms. The zero-order valence-corrected chi connectivity index (χ0v) is 8.31. The minimum atomic E-state index is -0.546. The number of hydrogen-bond acceptors (Lipinski definition) is 4. The van der Waals surface area contributed by atoms with Crippen LogP contribution >= 0.6 is 0 Å². The molecule has 0 aromatic carbocycles. The Labute approximate surface area is 83.2 Å². The Balaban J connectivity index is 3.00. The Kier molecular flexibility index (Phi) is 3.55. The second-order valence-electron chi connectivity index (χ2n) is 3.39. The molecule has 0 aliphatic rings. The summed E-state index contributed by atoms with van der Waals surface area (Å²) in [5.41, 5.74) is 1.48. The molecule has 1 heterocycles. The lowest BCUT2D eigenvalue weighted by molar-refractivity contribution is 0.284. The topological polar surface area (TPSA) is 69.8 Å². The lowest BCUT2D eigenvalue weighted by atomic mass is 10.0. The smallest absolute Gasteiger partial charge is 0.115 e. The van der Waals surface area contributed by atoms with Gasteiger partial charge >= 0.3 is 0 Å². The first-order valence-electron chi connectivity index (χ1n) is 4.51. The fourth-order valence-electron chi connectivity index (χ4n) is 1.10. The highest BCUT2D eigenvalue weighted by atomic mass is 16.3. The van der Waals surface area contributed by atoms with Gasteiger partial charge in [0.15, 0.2) is 0 Å². The minimum absolute atomic E-state index is 0.203. The van der Waals surface area contributed by atoms with Gasteiger partial charge < -0.3 is 5.11 Å². The molecule has 0 aliphatic heterocycles.